The number of nitriles is 1. The van der Waals surface area contributed by atoms with Gasteiger partial charge in [-0.15, -0.1) is 0 Å². The Bertz CT molecular complexity index is 514. The predicted octanol–water partition coefficient (Wildman–Crippen LogP) is 3.78. The van der Waals surface area contributed by atoms with Gasteiger partial charge in [0, 0.05) is 29.3 Å². The maximum Gasteiger partial charge on any atom is 0.0632 e. The molecule has 0 fully saturated rings. The minimum atomic E-state index is 0.0125. The zero-order valence-electron chi connectivity index (χ0n) is 9.18. The lowest BCUT2D eigenvalue weighted by Crippen LogP contribution is -2.02. The normalized spacial score (nSPS) is 11.8. The van der Waals surface area contributed by atoms with E-state index in [1.165, 1.54) is 0 Å². The lowest BCUT2D eigenvalue weighted by Gasteiger charge is -2.13. The molecule has 1 aromatic heterocycles. The van der Waals surface area contributed by atoms with Gasteiger partial charge in [0.1, 0.15) is 0 Å². The summed E-state index contributed by atoms with van der Waals surface area (Å²) in [5.41, 5.74) is 1.98. The van der Waals surface area contributed by atoms with E-state index >= 15 is 0 Å². The zero-order valence-corrected chi connectivity index (χ0v) is 9.93. The molecule has 2 nitrogen and oxygen atoms in total. The molecule has 17 heavy (non-hydrogen) atoms. The number of halogens is 1. The molecular formula is C14H11ClN2. The maximum absolute atomic E-state index is 8.91. The molecule has 1 aromatic carbocycles. The fourth-order valence-electron chi connectivity index (χ4n) is 1.76. The lowest BCUT2D eigenvalue weighted by atomic mass is 9.93. The second kappa shape index (κ2) is 5.47. The van der Waals surface area contributed by atoms with Crippen LogP contribution < -0.4 is 0 Å². The third-order valence-corrected chi connectivity index (χ3v) is 2.86. The average Bonchev–Trinajstić information content (AvgIpc) is 2.38. The van der Waals surface area contributed by atoms with Gasteiger partial charge in [-0.3, -0.25) is 4.98 Å². The largest absolute Gasteiger partial charge is 0.261 e. The molecule has 0 saturated carbocycles. The van der Waals surface area contributed by atoms with E-state index in [-0.39, 0.29) is 5.92 Å². The third-order valence-electron chi connectivity index (χ3n) is 2.61. The number of hydrogen-bond acceptors (Lipinski definition) is 2. The second-order valence-corrected chi connectivity index (χ2v) is 4.16. The minimum Gasteiger partial charge on any atom is -0.261 e. The predicted molar refractivity (Wildman–Crippen MR) is 67.8 cm³/mol. The summed E-state index contributed by atoms with van der Waals surface area (Å²) in [5.74, 6) is 0.0125. The van der Waals surface area contributed by atoms with Crippen LogP contribution in [0.3, 0.4) is 0 Å². The number of rotatable bonds is 3. The van der Waals surface area contributed by atoms with Gasteiger partial charge in [-0.05, 0) is 29.8 Å². The summed E-state index contributed by atoms with van der Waals surface area (Å²) in [5, 5.41) is 9.61. The van der Waals surface area contributed by atoms with Crippen LogP contribution in [0.25, 0.3) is 0 Å². The van der Waals surface area contributed by atoms with Crippen molar-refractivity contribution >= 4 is 11.6 Å². The summed E-state index contributed by atoms with van der Waals surface area (Å²) in [6.45, 7) is 0. The molecule has 0 bridgehead atoms. The van der Waals surface area contributed by atoms with Crippen LogP contribution in [0.5, 0.6) is 0 Å². The van der Waals surface area contributed by atoms with E-state index in [2.05, 4.69) is 11.1 Å². The summed E-state index contributed by atoms with van der Waals surface area (Å²) < 4.78 is 0. The summed E-state index contributed by atoms with van der Waals surface area (Å²) in [6.07, 6.45) is 2.16. The van der Waals surface area contributed by atoms with Gasteiger partial charge in [-0.25, -0.2) is 0 Å². The van der Waals surface area contributed by atoms with Crippen LogP contribution in [0.4, 0.5) is 0 Å². The van der Waals surface area contributed by atoms with Crippen molar-refractivity contribution in [1.82, 2.24) is 4.98 Å². The average molecular weight is 243 g/mol. The van der Waals surface area contributed by atoms with Crippen LogP contribution in [0.1, 0.15) is 23.6 Å². The number of nitrogens with zero attached hydrogens (tertiary/aromatic N) is 2. The van der Waals surface area contributed by atoms with Crippen molar-refractivity contribution in [1.29, 1.82) is 5.26 Å². The summed E-state index contributed by atoms with van der Waals surface area (Å²) in [6, 6.07) is 15.5. The Balaban J connectivity index is 2.36. The fraction of sp³-hybridized carbons (Fsp3) is 0.143. The molecule has 0 N–H and O–H groups in total. The smallest absolute Gasteiger partial charge is 0.0632 e. The third kappa shape index (κ3) is 2.83. The SMILES string of the molecule is N#CC[C@@H](c1ccc(Cl)cc1)c1ccccn1. The number of hydrogen-bond donors (Lipinski definition) is 0. The second-order valence-electron chi connectivity index (χ2n) is 3.72. The first-order chi connectivity index (χ1) is 8.31. The highest BCUT2D eigenvalue weighted by molar-refractivity contribution is 6.30. The molecule has 1 atom stereocenters. The first-order valence-electron chi connectivity index (χ1n) is 5.34. The van der Waals surface area contributed by atoms with E-state index in [4.69, 9.17) is 16.9 Å². The standard InChI is InChI=1S/C14H11ClN2/c15-12-6-4-11(5-7-12)13(8-9-16)14-3-1-2-10-17-14/h1-7,10,13H,8H2/t13-/m0/s1. The van der Waals surface area contributed by atoms with Crippen molar-refractivity contribution < 1.29 is 0 Å². The first-order valence-corrected chi connectivity index (χ1v) is 5.72. The van der Waals surface area contributed by atoms with Crippen molar-refractivity contribution in [3.8, 4) is 6.07 Å². The number of aromatic nitrogens is 1. The van der Waals surface area contributed by atoms with E-state index in [9.17, 15) is 0 Å². The monoisotopic (exact) mass is 242 g/mol. The van der Waals surface area contributed by atoms with E-state index in [0.717, 1.165) is 11.3 Å². The van der Waals surface area contributed by atoms with Gasteiger partial charge in [0.05, 0.1) is 6.07 Å². The van der Waals surface area contributed by atoms with Crippen molar-refractivity contribution in [2.75, 3.05) is 0 Å². The molecule has 84 valence electrons. The molecule has 2 aromatic rings. The summed E-state index contributed by atoms with van der Waals surface area (Å²) in [7, 11) is 0. The van der Waals surface area contributed by atoms with Crippen LogP contribution in [-0.2, 0) is 0 Å². The van der Waals surface area contributed by atoms with Crippen LogP contribution in [-0.4, -0.2) is 4.98 Å². The Morgan fingerprint density at radius 1 is 1.18 bits per heavy atom. The first kappa shape index (κ1) is 11.6. The van der Waals surface area contributed by atoms with Gasteiger partial charge < -0.3 is 0 Å². The molecule has 0 radical (unpaired) electrons. The van der Waals surface area contributed by atoms with Crippen molar-refractivity contribution in [3.63, 3.8) is 0 Å². The van der Waals surface area contributed by atoms with Crippen LogP contribution in [0, 0.1) is 11.3 Å². The Labute approximate surface area is 105 Å². The molecule has 3 heteroatoms. The Morgan fingerprint density at radius 3 is 2.53 bits per heavy atom. The molecule has 0 saturated heterocycles. The molecule has 1 heterocycles. The summed E-state index contributed by atoms with van der Waals surface area (Å²) >= 11 is 5.86. The highest BCUT2D eigenvalue weighted by atomic mass is 35.5. The Kier molecular flexibility index (Phi) is 3.74. The Morgan fingerprint density at radius 2 is 1.94 bits per heavy atom. The van der Waals surface area contributed by atoms with Gasteiger partial charge in [0.2, 0.25) is 0 Å². The van der Waals surface area contributed by atoms with Crippen molar-refractivity contribution in [3.05, 3.63) is 64.9 Å². The summed E-state index contributed by atoms with van der Waals surface area (Å²) in [4.78, 5) is 4.31. The topological polar surface area (TPSA) is 36.7 Å². The molecule has 2 rings (SSSR count). The van der Waals surface area contributed by atoms with E-state index < -0.39 is 0 Å². The van der Waals surface area contributed by atoms with Gasteiger partial charge in [-0.1, -0.05) is 29.8 Å². The fourth-order valence-corrected chi connectivity index (χ4v) is 1.89. The molecule has 0 unspecified atom stereocenters. The van der Waals surface area contributed by atoms with Gasteiger partial charge in [0.25, 0.3) is 0 Å². The van der Waals surface area contributed by atoms with Crippen LogP contribution in [0.2, 0.25) is 5.02 Å². The van der Waals surface area contributed by atoms with E-state index in [1.54, 1.807) is 6.20 Å². The molecule has 0 aliphatic heterocycles. The van der Waals surface area contributed by atoms with Crippen molar-refractivity contribution in [2.24, 2.45) is 0 Å². The quantitative estimate of drug-likeness (QED) is 0.821. The highest BCUT2D eigenvalue weighted by Gasteiger charge is 2.14. The van der Waals surface area contributed by atoms with Gasteiger partial charge >= 0.3 is 0 Å². The van der Waals surface area contributed by atoms with E-state index in [0.29, 0.717) is 11.4 Å². The number of pyridine rings is 1. The molecule has 0 spiro atoms. The van der Waals surface area contributed by atoms with Crippen LogP contribution in [0.15, 0.2) is 48.7 Å². The van der Waals surface area contributed by atoms with Crippen molar-refractivity contribution in [2.45, 2.75) is 12.3 Å². The van der Waals surface area contributed by atoms with Gasteiger partial charge in [0.15, 0.2) is 0 Å². The molecule has 0 aliphatic rings. The lowest BCUT2D eigenvalue weighted by molar-refractivity contribution is 0.802. The minimum absolute atomic E-state index is 0.0125. The maximum atomic E-state index is 8.91. The molecular weight excluding hydrogens is 232 g/mol. The highest BCUT2D eigenvalue weighted by Crippen LogP contribution is 2.26. The van der Waals surface area contributed by atoms with E-state index in [1.807, 2.05) is 42.5 Å². The number of benzene rings is 1. The van der Waals surface area contributed by atoms with Crippen LogP contribution >= 0.6 is 11.6 Å². The Hall–Kier alpha value is -1.85. The zero-order chi connectivity index (χ0) is 12.1. The molecule has 0 aliphatic carbocycles. The van der Waals surface area contributed by atoms with Gasteiger partial charge in [-0.2, -0.15) is 5.26 Å². The molecule has 0 amide bonds.